The summed E-state index contributed by atoms with van der Waals surface area (Å²) in [5.74, 6) is 0.156. The molecule has 6 nitrogen and oxygen atoms in total. The second-order valence-corrected chi connectivity index (χ2v) is 8.03. The summed E-state index contributed by atoms with van der Waals surface area (Å²) in [6.07, 6.45) is 5.97. The van der Waals surface area contributed by atoms with Gasteiger partial charge in [0.25, 0.3) is 5.91 Å². The third-order valence-corrected chi connectivity index (χ3v) is 5.93. The van der Waals surface area contributed by atoms with Crippen molar-refractivity contribution in [3.05, 3.63) is 71.8 Å². The van der Waals surface area contributed by atoms with Crippen LogP contribution >= 0.6 is 0 Å². The number of hydrogen-bond acceptors (Lipinski definition) is 4. The highest BCUT2D eigenvalue weighted by Gasteiger charge is 2.31. The van der Waals surface area contributed by atoms with Crippen LogP contribution in [0, 0.1) is 0 Å². The molecular formula is C24H32N4O2. The van der Waals surface area contributed by atoms with Crippen LogP contribution in [0.2, 0.25) is 0 Å². The molecule has 1 N–H and O–H groups in total. The van der Waals surface area contributed by atoms with Gasteiger partial charge in [0.15, 0.2) is 0 Å². The maximum Gasteiger partial charge on any atom is 0.254 e. The van der Waals surface area contributed by atoms with Gasteiger partial charge in [-0.15, -0.1) is 0 Å². The largest absolute Gasteiger partial charge is 0.338 e. The van der Waals surface area contributed by atoms with Crippen LogP contribution in [0.4, 0.5) is 0 Å². The van der Waals surface area contributed by atoms with E-state index in [0.717, 1.165) is 29.8 Å². The van der Waals surface area contributed by atoms with Crippen molar-refractivity contribution in [1.29, 1.82) is 0 Å². The highest BCUT2D eigenvalue weighted by Crippen LogP contribution is 2.22. The zero-order chi connectivity index (χ0) is 21.7. The van der Waals surface area contributed by atoms with Crippen molar-refractivity contribution in [2.75, 3.05) is 40.3 Å². The fourth-order valence-electron chi connectivity index (χ4n) is 4.13. The summed E-state index contributed by atoms with van der Waals surface area (Å²) in [6.45, 7) is 11.3. The number of nitrogens with zero attached hydrogens (tertiary/aromatic N) is 3. The van der Waals surface area contributed by atoms with Gasteiger partial charge in [0.1, 0.15) is 0 Å². The number of piperazine rings is 1. The summed E-state index contributed by atoms with van der Waals surface area (Å²) in [6, 6.07) is 5.67. The molecule has 0 aromatic heterocycles. The summed E-state index contributed by atoms with van der Waals surface area (Å²) < 4.78 is 0. The van der Waals surface area contributed by atoms with Gasteiger partial charge in [0, 0.05) is 44.8 Å². The van der Waals surface area contributed by atoms with Crippen LogP contribution < -0.4 is 5.32 Å². The smallest absolute Gasteiger partial charge is 0.254 e. The Hall–Kier alpha value is -2.70. The number of carbonyl (C=O) groups is 2. The van der Waals surface area contributed by atoms with Crippen LogP contribution in [-0.2, 0) is 17.9 Å². The number of benzene rings is 1. The normalized spacial score (nSPS) is 17.6. The minimum Gasteiger partial charge on any atom is -0.338 e. The second-order valence-electron chi connectivity index (χ2n) is 8.03. The van der Waals surface area contributed by atoms with E-state index in [1.54, 1.807) is 12.2 Å². The lowest BCUT2D eigenvalue weighted by atomic mass is 10.0. The molecule has 2 heterocycles. The average Bonchev–Trinajstić information content (AvgIpc) is 3.24. The summed E-state index contributed by atoms with van der Waals surface area (Å²) in [4.78, 5) is 32.0. The van der Waals surface area contributed by atoms with E-state index in [2.05, 4.69) is 24.5 Å². The Balaban J connectivity index is 1.64. The predicted octanol–water partition coefficient (Wildman–Crippen LogP) is 2.19. The molecule has 1 unspecified atom stereocenters. The first kappa shape index (κ1) is 22.0. The third kappa shape index (κ3) is 4.71. The number of amides is 2. The average molecular weight is 409 g/mol. The molecule has 0 spiro atoms. The molecule has 1 saturated heterocycles. The zero-order valence-electron chi connectivity index (χ0n) is 18.1. The van der Waals surface area contributed by atoms with Gasteiger partial charge in [-0.3, -0.25) is 14.5 Å². The Morgan fingerprint density at radius 1 is 1.13 bits per heavy atom. The molecule has 3 rings (SSSR count). The molecule has 0 saturated carbocycles. The standard InChI is InChI=1S/C24H32N4O2/c1-5-8-18(6-2)15-22(26(3)4)24(30)28-13-11-27(12-14-28)23(29)20-10-7-9-19-16-25-17-21(19)20/h5-10,22,25H,1-2,11-17H2,3-4H3/b18-8+. The Morgan fingerprint density at radius 3 is 2.47 bits per heavy atom. The van der Waals surface area contributed by atoms with Crippen LogP contribution in [0.1, 0.15) is 27.9 Å². The van der Waals surface area contributed by atoms with Crippen molar-refractivity contribution in [1.82, 2.24) is 20.0 Å². The number of likely N-dealkylation sites (N-methyl/N-ethyl adjacent to an activating group) is 1. The van der Waals surface area contributed by atoms with E-state index in [-0.39, 0.29) is 17.9 Å². The summed E-state index contributed by atoms with van der Waals surface area (Å²) in [5, 5.41) is 3.31. The first-order valence-corrected chi connectivity index (χ1v) is 10.5. The monoisotopic (exact) mass is 408 g/mol. The Bertz CT molecular complexity index is 851. The van der Waals surface area contributed by atoms with Crippen molar-refractivity contribution in [3.63, 3.8) is 0 Å². The first-order chi connectivity index (χ1) is 14.5. The lowest BCUT2D eigenvalue weighted by molar-refractivity contribution is -0.137. The van der Waals surface area contributed by atoms with Gasteiger partial charge in [-0.25, -0.2) is 0 Å². The molecule has 1 aromatic carbocycles. The van der Waals surface area contributed by atoms with Crippen molar-refractivity contribution >= 4 is 11.8 Å². The fraction of sp³-hybridized carbons (Fsp3) is 0.417. The van der Waals surface area contributed by atoms with E-state index in [1.807, 2.05) is 47.0 Å². The molecule has 1 aromatic rings. The van der Waals surface area contributed by atoms with E-state index in [1.165, 1.54) is 5.56 Å². The Kier molecular flexibility index (Phi) is 7.24. The van der Waals surface area contributed by atoms with Crippen LogP contribution in [0.5, 0.6) is 0 Å². The number of hydrogen-bond donors (Lipinski definition) is 1. The van der Waals surface area contributed by atoms with Gasteiger partial charge < -0.3 is 15.1 Å². The third-order valence-electron chi connectivity index (χ3n) is 5.93. The molecule has 2 aliphatic rings. The zero-order valence-corrected chi connectivity index (χ0v) is 18.1. The van der Waals surface area contributed by atoms with E-state index in [0.29, 0.717) is 32.6 Å². The van der Waals surface area contributed by atoms with E-state index in [4.69, 9.17) is 0 Å². The minimum atomic E-state index is -0.264. The molecule has 0 bridgehead atoms. The molecule has 6 heteroatoms. The van der Waals surface area contributed by atoms with Gasteiger partial charge >= 0.3 is 0 Å². The van der Waals surface area contributed by atoms with E-state index in [9.17, 15) is 9.59 Å². The van der Waals surface area contributed by atoms with Crippen molar-refractivity contribution < 1.29 is 9.59 Å². The van der Waals surface area contributed by atoms with Crippen molar-refractivity contribution in [2.45, 2.75) is 25.6 Å². The molecule has 2 aliphatic heterocycles. The van der Waals surface area contributed by atoms with E-state index >= 15 is 0 Å². The van der Waals surface area contributed by atoms with Gasteiger partial charge in [-0.1, -0.05) is 43.5 Å². The molecule has 1 atom stereocenters. The lowest BCUT2D eigenvalue weighted by Crippen LogP contribution is -2.55. The van der Waals surface area contributed by atoms with Gasteiger partial charge in [0.05, 0.1) is 6.04 Å². The number of nitrogens with one attached hydrogen (secondary N) is 1. The van der Waals surface area contributed by atoms with Crippen LogP contribution in [-0.4, -0.2) is 72.8 Å². The van der Waals surface area contributed by atoms with Crippen LogP contribution in [0.25, 0.3) is 0 Å². The number of allylic oxidation sites excluding steroid dienone is 3. The summed E-state index contributed by atoms with van der Waals surface area (Å²) in [7, 11) is 3.84. The molecule has 2 amide bonds. The van der Waals surface area contributed by atoms with Gasteiger partial charge in [0.2, 0.25) is 5.91 Å². The fourth-order valence-corrected chi connectivity index (χ4v) is 4.13. The Labute approximate surface area is 179 Å². The molecule has 1 fully saturated rings. The number of carbonyl (C=O) groups excluding carboxylic acids is 2. The first-order valence-electron chi connectivity index (χ1n) is 10.5. The molecule has 30 heavy (non-hydrogen) atoms. The molecule has 160 valence electrons. The van der Waals surface area contributed by atoms with Crippen LogP contribution in [0.3, 0.4) is 0 Å². The van der Waals surface area contributed by atoms with Gasteiger partial charge in [-0.2, -0.15) is 0 Å². The predicted molar refractivity (Wildman–Crippen MR) is 120 cm³/mol. The molecular weight excluding hydrogens is 376 g/mol. The lowest BCUT2D eigenvalue weighted by Gasteiger charge is -2.38. The van der Waals surface area contributed by atoms with Crippen molar-refractivity contribution in [2.24, 2.45) is 0 Å². The number of rotatable bonds is 7. The summed E-state index contributed by atoms with van der Waals surface area (Å²) in [5.41, 5.74) is 4.08. The second kappa shape index (κ2) is 9.87. The van der Waals surface area contributed by atoms with Gasteiger partial charge in [-0.05, 0) is 43.3 Å². The highest BCUT2D eigenvalue weighted by molar-refractivity contribution is 5.96. The Morgan fingerprint density at radius 2 is 1.83 bits per heavy atom. The quantitative estimate of drug-likeness (QED) is 0.703. The maximum atomic E-state index is 13.2. The molecule has 0 aliphatic carbocycles. The van der Waals surface area contributed by atoms with Crippen LogP contribution in [0.15, 0.2) is 55.2 Å². The number of fused-ring (bicyclic) bond motifs is 1. The highest BCUT2D eigenvalue weighted by atomic mass is 16.2. The maximum absolute atomic E-state index is 13.2. The SMILES string of the molecule is C=C/C=C(\C=C)CC(C(=O)N1CCN(C(=O)c2cccc3c2CNC3)CC1)N(C)C. The summed E-state index contributed by atoms with van der Waals surface area (Å²) >= 11 is 0. The van der Waals surface area contributed by atoms with E-state index < -0.39 is 0 Å². The van der Waals surface area contributed by atoms with Crippen molar-refractivity contribution in [3.8, 4) is 0 Å². The minimum absolute atomic E-state index is 0.0645. The molecule has 0 radical (unpaired) electrons. The topological polar surface area (TPSA) is 55.9 Å².